The Labute approximate surface area is 155 Å². The third-order valence-corrected chi connectivity index (χ3v) is 5.93. The van der Waals surface area contributed by atoms with E-state index in [4.69, 9.17) is 0 Å². The molecule has 1 saturated carbocycles. The van der Waals surface area contributed by atoms with E-state index in [9.17, 15) is 0 Å². The van der Waals surface area contributed by atoms with Crippen LogP contribution in [0.2, 0.25) is 0 Å². The lowest BCUT2D eigenvalue weighted by atomic mass is 9.73. The maximum absolute atomic E-state index is 4.54. The van der Waals surface area contributed by atoms with Crippen molar-refractivity contribution in [2.24, 2.45) is 10.4 Å². The fraction of sp³-hybridized carbons (Fsp3) is 0.550. The highest BCUT2D eigenvalue weighted by atomic mass is 15.3. The average Bonchev–Trinajstić information content (AvgIpc) is 3.34. The number of aromatic amines is 1. The highest BCUT2D eigenvalue weighted by Gasteiger charge is 2.39. The summed E-state index contributed by atoms with van der Waals surface area (Å²) >= 11 is 0. The summed E-state index contributed by atoms with van der Waals surface area (Å²) in [5.74, 6) is 1.83. The average molecular weight is 352 g/mol. The first-order valence-corrected chi connectivity index (χ1v) is 9.68. The monoisotopic (exact) mass is 352 g/mol. The molecule has 6 nitrogen and oxygen atoms in total. The van der Waals surface area contributed by atoms with Crippen LogP contribution in [0, 0.1) is 5.41 Å². The van der Waals surface area contributed by atoms with E-state index in [2.05, 4.69) is 48.6 Å². The zero-order chi connectivity index (χ0) is 17.8. The molecular formula is C20H28N6. The van der Waals surface area contributed by atoms with Crippen molar-refractivity contribution in [3.63, 3.8) is 0 Å². The molecular weight excluding hydrogens is 324 g/mol. The SMILES string of the molecule is CN=C(NCc1cccc(-c2ncn[nH]2)c1)N1CCC2(CCCCC2)C1. The molecule has 0 unspecified atom stereocenters. The molecule has 26 heavy (non-hydrogen) atoms. The number of aliphatic imine (C=N–C) groups is 1. The number of guanidine groups is 1. The lowest BCUT2D eigenvalue weighted by molar-refractivity contribution is 0.203. The van der Waals surface area contributed by atoms with Gasteiger partial charge in [-0.15, -0.1) is 0 Å². The molecule has 6 heteroatoms. The second-order valence-corrected chi connectivity index (χ2v) is 7.67. The zero-order valence-electron chi connectivity index (χ0n) is 15.5. The van der Waals surface area contributed by atoms with Gasteiger partial charge in [0.25, 0.3) is 0 Å². The van der Waals surface area contributed by atoms with Crippen LogP contribution in [0.25, 0.3) is 11.4 Å². The summed E-state index contributed by atoms with van der Waals surface area (Å²) in [6, 6.07) is 8.39. The molecule has 1 aliphatic heterocycles. The number of aromatic nitrogens is 3. The molecule has 0 radical (unpaired) electrons. The Morgan fingerprint density at radius 2 is 2.15 bits per heavy atom. The van der Waals surface area contributed by atoms with Gasteiger partial charge in [0.2, 0.25) is 0 Å². The van der Waals surface area contributed by atoms with E-state index >= 15 is 0 Å². The van der Waals surface area contributed by atoms with E-state index in [0.717, 1.165) is 37.0 Å². The summed E-state index contributed by atoms with van der Waals surface area (Å²) in [7, 11) is 1.89. The third-order valence-electron chi connectivity index (χ3n) is 5.93. The number of hydrogen-bond donors (Lipinski definition) is 2. The Kier molecular flexibility index (Phi) is 4.91. The standard InChI is InChI=1S/C20H28N6/c1-21-19(26-11-10-20(14-26)8-3-2-4-9-20)22-13-16-6-5-7-17(12-16)18-23-15-24-25-18/h5-7,12,15H,2-4,8-11,13-14H2,1H3,(H,21,22)(H,23,24,25). The number of rotatable bonds is 3. The normalized spacial score (nSPS) is 19.9. The molecule has 0 bridgehead atoms. The fourth-order valence-corrected chi connectivity index (χ4v) is 4.51. The van der Waals surface area contributed by atoms with Gasteiger partial charge in [-0.05, 0) is 36.3 Å². The molecule has 2 aromatic rings. The summed E-state index contributed by atoms with van der Waals surface area (Å²) in [5, 5.41) is 10.4. The van der Waals surface area contributed by atoms with Crippen LogP contribution in [-0.4, -0.2) is 46.2 Å². The lowest BCUT2D eigenvalue weighted by Crippen LogP contribution is -2.41. The van der Waals surface area contributed by atoms with Crippen LogP contribution in [-0.2, 0) is 6.54 Å². The first-order valence-electron chi connectivity index (χ1n) is 9.68. The molecule has 1 saturated heterocycles. The second kappa shape index (κ2) is 7.48. The van der Waals surface area contributed by atoms with Gasteiger partial charge in [0.1, 0.15) is 6.33 Å². The summed E-state index contributed by atoms with van der Waals surface area (Å²) in [4.78, 5) is 11.2. The maximum Gasteiger partial charge on any atom is 0.193 e. The number of nitrogens with one attached hydrogen (secondary N) is 2. The van der Waals surface area contributed by atoms with Crippen LogP contribution in [0.3, 0.4) is 0 Å². The van der Waals surface area contributed by atoms with Crippen LogP contribution in [0.5, 0.6) is 0 Å². The number of H-pyrrole nitrogens is 1. The second-order valence-electron chi connectivity index (χ2n) is 7.67. The van der Waals surface area contributed by atoms with Gasteiger partial charge in [-0.1, -0.05) is 37.5 Å². The smallest absolute Gasteiger partial charge is 0.193 e. The van der Waals surface area contributed by atoms with Gasteiger partial charge in [0, 0.05) is 32.2 Å². The van der Waals surface area contributed by atoms with Crippen LogP contribution in [0.1, 0.15) is 44.1 Å². The van der Waals surface area contributed by atoms with E-state index in [1.807, 2.05) is 13.1 Å². The van der Waals surface area contributed by atoms with Crippen molar-refractivity contribution in [1.29, 1.82) is 0 Å². The number of nitrogens with zero attached hydrogens (tertiary/aromatic N) is 4. The van der Waals surface area contributed by atoms with Crippen LogP contribution in [0.4, 0.5) is 0 Å². The van der Waals surface area contributed by atoms with Gasteiger partial charge in [0.05, 0.1) is 0 Å². The minimum atomic E-state index is 0.544. The van der Waals surface area contributed by atoms with Gasteiger partial charge in [0.15, 0.2) is 11.8 Å². The number of hydrogen-bond acceptors (Lipinski definition) is 3. The van der Waals surface area contributed by atoms with Crippen molar-refractivity contribution in [3.05, 3.63) is 36.2 Å². The molecule has 4 rings (SSSR count). The van der Waals surface area contributed by atoms with E-state index in [1.54, 1.807) is 0 Å². The van der Waals surface area contributed by atoms with Crippen LogP contribution in [0.15, 0.2) is 35.6 Å². The topological polar surface area (TPSA) is 69.2 Å². The molecule has 2 N–H and O–H groups in total. The Morgan fingerprint density at radius 3 is 2.92 bits per heavy atom. The molecule has 2 fully saturated rings. The molecule has 1 aliphatic carbocycles. The van der Waals surface area contributed by atoms with Crippen LogP contribution >= 0.6 is 0 Å². The molecule has 2 heterocycles. The van der Waals surface area contributed by atoms with Crippen molar-refractivity contribution < 1.29 is 0 Å². The molecule has 1 aromatic heterocycles. The molecule has 0 atom stereocenters. The van der Waals surface area contributed by atoms with Crippen molar-refractivity contribution in [3.8, 4) is 11.4 Å². The van der Waals surface area contributed by atoms with Gasteiger partial charge >= 0.3 is 0 Å². The minimum absolute atomic E-state index is 0.544. The van der Waals surface area contributed by atoms with Crippen molar-refractivity contribution in [2.75, 3.05) is 20.1 Å². The van der Waals surface area contributed by atoms with Crippen molar-refractivity contribution in [1.82, 2.24) is 25.4 Å². The predicted octanol–water partition coefficient (Wildman–Crippen LogP) is 3.20. The van der Waals surface area contributed by atoms with Gasteiger partial charge in [-0.3, -0.25) is 10.1 Å². The van der Waals surface area contributed by atoms with Gasteiger partial charge in [-0.25, -0.2) is 4.98 Å². The van der Waals surface area contributed by atoms with E-state index in [1.165, 1.54) is 50.4 Å². The number of likely N-dealkylation sites (tertiary alicyclic amines) is 1. The first-order chi connectivity index (χ1) is 12.8. The molecule has 2 aliphatic rings. The Morgan fingerprint density at radius 1 is 1.27 bits per heavy atom. The Bertz CT molecular complexity index is 745. The van der Waals surface area contributed by atoms with Crippen LogP contribution < -0.4 is 5.32 Å². The van der Waals surface area contributed by atoms with Crippen molar-refractivity contribution in [2.45, 2.75) is 45.1 Å². The molecule has 1 aromatic carbocycles. The molecule has 1 spiro atoms. The Hall–Kier alpha value is -2.37. The Balaban J connectivity index is 1.38. The van der Waals surface area contributed by atoms with E-state index < -0.39 is 0 Å². The highest BCUT2D eigenvalue weighted by molar-refractivity contribution is 5.80. The van der Waals surface area contributed by atoms with Crippen molar-refractivity contribution >= 4 is 5.96 Å². The maximum atomic E-state index is 4.54. The fourth-order valence-electron chi connectivity index (χ4n) is 4.51. The zero-order valence-corrected chi connectivity index (χ0v) is 15.5. The quantitative estimate of drug-likeness (QED) is 0.657. The highest BCUT2D eigenvalue weighted by Crippen LogP contribution is 2.43. The molecule has 0 amide bonds. The summed E-state index contributed by atoms with van der Waals surface area (Å²) in [5.41, 5.74) is 2.81. The molecule has 138 valence electrons. The van der Waals surface area contributed by atoms with Gasteiger partial charge in [-0.2, -0.15) is 5.10 Å². The van der Waals surface area contributed by atoms with Gasteiger partial charge < -0.3 is 10.2 Å². The number of benzene rings is 1. The summed E-state index contributed by atoms with van der Waals surface area (Å²) in [6.45, 7) is 3.04. The van der Waals surface area contributed by atoms with E-state index in [0.29, 0.717) is 5.41 Å². The third kappa shape index (κ3) is 3.59. The predicted molar refractivity (Wildman–Crippen MR) is 104 cm³/mol. The lowest BCUT2D eigenvalue weighted by Gasteiger charge is -2.33. The first kappa shape index (κ1) is 17.1. The largest absolute Gasteiger partial charge is 0.352 e. The minimum Gasteiger partial charge on any atom is -0.352 e. The van der Waals surface area contributed by atoms with E-state index in [-0.39, 0.29) is 0 Å². The summed E-state index contributed by atoms with van der Waals surface area (Å²) < 4.78 is 0. The summed E-state index contributed by atoms with van der Waals surface area (Å²) in [6.07, 6.45) is 9.84.